The lowest BCUT2D eigenvalue weighted by Gasteiger charge is -2.34. The summed E-state index contributed by atoms with van der Waals surface area (Å²) in [6.07, 6.45) is 4.81. The molecule has 6 heteroatoms. The quantitative estimate of drug-likeness (QED) is 0.692. The largest absolute Gasteiger partial charge is 0.444 e. The van der Waals surface area contributed by atoms with Crippen LogP contribution in [0, 0.1) is 11.8 Å². The average molecular weight is 369 g/mol. The second-order valence-electron chi connectivity index (χ2n) is 8.88. The van der Waals surface area contributed by atoms with Crippen molar-refractivity contribution in [3.8, 4) is 0 Å². The number of hydrogen-bond acceptors (Lipinski definition) is 4. The van der Waals surface area contributed by atoms with Crippen LogP contribution in [-0.4, -0.2) is 66.8 Å². The SMILES string of the molecule is C[C@@H](OCC1CC1)C(=O)N1CCC(CCN(C)C(=O)OC(C)(C)C)CC1. The molecule has 1 saturated heterocycles. The summed E-state index contributed by atoms with van der Waals surface area (Å²) in [7, 11) is 1.78. The van der Waals surface area contributed by atoms with Gasteiger partial charge >= 0.3 is 6.09 Å². The second kappa shape index (κ2) is 9.07. The lowest BCUT2D eigenvalue weighted by atomic mass is 9.93. The van der Waals surface area contributed by atoms with Crippen LogP contribution in [0.2, 0.25) is 0 Å². The Morgan fingerprint density at radius 3 is 2.27 bits per heavy atom. The van der Waals surface area contributed by atoms with Crippen LogP contribution in [0.4, 0.5) is 4.79 Å². The molecular formula is C20H36N2O4. The molecule has 0 spiro atoms. The molecule has 150 valence electrons. The van der Waals surface area contributed by atoms with Crippen LogP contribution in [0.5, 0.6) is 0 Å². The van der Waals surface area contributed by atoms with Gasteiger partial charge in [0.15, 0.2) is 0 Å². The zero-order valence-corrected chi connectivity index (χ0v) is 17.1. The predicted molar refractivity (Wildman–Crippen MR) is 101 cm³/mol. The normalized spacial score (nSPS) is 20.0. The third-order valence-electron chi connectivity index (χ3n) is 5.13. The molecule has 1 saturated carbocycles. The van der Waals surface area contributed by atoms with Gasteiger partial charge in [0.1, 0.15) is 11.7 Å². The van der Waals surface area contributed by atoms with Crippen molar-refractivity contribution in [2.45, 2.75) is 71.5 Å². The van der Waals surface area contributed by atoms with Crippen molar-refractivity contribution in [2.75, 3.05) is 33.3 Å². The van der Waals surface area contributed by atoms with E-state index in [-0.39, 0.29) is 18.1 Å². The van der Waals surface area contributed by atoms with E-state index in [4.69, 9.17) is 9.47 Å². The van der Waals surface area contributed by atoms with E-state index in [0.717, 1.165) is 39.0 Å². The Kier molecular flexibility index (Phi) is 7.33. The van der Waals surface area contributed by atoms with E-state index in [2.05, 4.69) is 0 Å². The summed E-state index contributed by atoms with van der Waals surface area (Å²) in [5.41, 5.74) is -0.463. The molecule has 2 amide bonds. The molecule has 0 N–H and O–H groups in total. The van der Waals surface area contributed by atoms with Gasteiger partial charge in [-0.15, -0.1) is 0 Å². The number of nitrogens with zero attached hydrogens (tertiary/aromatic N) is 2. The van der Waals surface area contributed by atoms with E-state index in [0.29, 0.717) is 18.4 Å². The van der Waals surface area contributed by atoms with Gasteiger partial charge < -0.3 is 19.3 Å². The third-order valence-corrected chi connectivity index (χ3v) is 5.13. The van der Waals surface area contributed by atoms with Crippen LogP contribution in [0.3, 0.4) is 0 Å². The Hall–Kier alpha value is -1.30. The zero-order chi connectivity index (χ0) is 19.3. The first-order valence-electron chi connectivity index (χ1n) is 10.00. The number of likely N-dealkylation sites (tertiary alicyclic amines) is 1. The highest BCUT2D eigenvalue weighted by atomic mass is 16.6. The number of piperidine rings is 1. The highest BCUT2D eigenvalue weighted by Gasteiger charge is 2.29. The smallest absolute Gasteiger partial charge is 0.410 e. The van der Waals surface area contributed by atoms with Crippen LogP contribution in [0.1, 0.15) is 59.8 Å². The Morgan fingerprint density at radius 1 is 1.12 bits per heavy atom. The first-order chi connectivity index (χ1) is 12.2. The van der Waals surface area contributed by atoms with E-state index in [1.807, 2.05) is 32.6 Å². The molecule has 1 atom stereocenters. The van der Waals surface area contributed by atoms with Crippen molar-refractivity contribution < 1.29 is 19.1 Å². The summed E-state index contributed by atoms with van der Waals surface area (Å²) < 4.78 is 11.1. The topological polar surface area (TPSA) is 59.1 Å². The summed E-state index contributed by atoms with van der Waals surface area (Å²) in [6.45, 7) is 10.5. The van der Waals surface area contributed by atoms with Gasteiger partial charge in [-0.2, -0.15) is 0 Å². The molecule has 6 nitrogen and oxygen atoms in total. The molecule has 2 fully saturated rings. The number of ether oxygens (including phenoxy) is 2. The maximum Gasteiger partial charge on any atom is 0.410 e. The average Bonchev–Trinajstić information content (AvgIpc) is 3.40. The zero-order valence-electron chi connectivity index (χ0n) is 17.1. The summed E-state index contributed by atoms with van der Waals surface area (Å²) >= 11 is 0. The molecule has 1 aliphatic carbocycles. The molecule has 0 unspecified atom stereocenters. The molecule has 0 aromatic carbocycles. The van der Waals surface area contributed by atoms with Crippen LogP contribution >= 0.6 is 0 Å². The van der Waals surface area contributed by atoms with Crippen LogP contribution < -0.4 is 0 Å². The third kappa shape index (κ3) is 7.14. The lowest BCUT2D eigenvalue weighted by molar-refractivity contribution is -0.144. The fourth-order valence-corrected chi connectivity index (χ4v) is 3.14. The molecule has 0 bridgehead atoms. The van der Waals surface area contributed by atoms with Crippen molar-refractivity contribution in [2.24, 2.45) is 11.8 Å². The van der Waals surface area contributed by atoms with Gasteiger partial charge in [-0.05, 0) is 71.6 Å². The number of hydrogen-bond donors (Lipinski definition) is 0. The molecule has 0 aromatic heterocycles. The van der Waals surface area contributed by atoms with E-state index in [9.17, 15) is 9.59 Å². The van der Waals surface area contributed by atoms with Gasteiger partial charge in [-0.1, -0.05) is 0 Å². The number of amides is 2. The van der Waals surface area contributed by atoms with Gasteiger partial charge in [0, 0.05) is 26.7 Å². The van der Waals surface area contributed by atoms with Gasteiger partial charge in [0.25, 0.3) is 5.91 Å². The Bertz CT molecular complexity index is 477. The van der Waals surface area contributed by atoms with E-state index in [1.54, 1.807) is 11.9 Å². The summed E-state index contributed by atoms with van der Waals surface area (Å²) in [5, 5.41) is 0. The molecular weight excluding hydrogens is 332 g/mol. The summed E-state index contributed by atoms with van der Waals surface area (Å²) in [6, 6.07) is 0. The minimum Gasteiger partial charge on any atom is -0.444 e. The monoisotopic (exact) mass is 368 g/mol. The van der Waals surface area contributed by atoms with Crippen molar-refractivity contribution >= 4 is 12.0 Å². The lowest BCUT2D eigenvalue weighted by Crippen LogP contribution is -2.44. The fourth-order valence-electron chi connectivity index (χ4n) is 3.14. The first-order valence-corrected chi connectivity index (χ1v) is 10.00. The van der Waals surface area contributed by atoms with Crippen LogP contribution in [0.15, 0.2) is 0 Å². The Balaban J connectivity index is 1.64. The second-order valence-corrected chi connectivity index (χ2v) is 8.88. The minimum atomic E-state index is -0.463. The van der Waals surface area contributed by atoms with Crippen molar-refractivity contribution in [1.29, 1.82) is 0 Å². The summed E-state index contributed by atoms with van der Waals surface area (Å²) in [4.78, 5) is 28.0. The van der Waals surface area contributed by atoms with E-state index < -0.39 is 5.60 Å². The Labute approximate surface area is 158 Å². The van der Waals surface area contributed by atoms with Gasteiger partial charge in [0.05, 0.1) is 6.61 Å². The summed E-state index contributed by atoms with van der Waals surface area (Å²) in [5.74, 6) is 1.35. The highest BCUT2D eigenvalue weighted by molar-refractivity contribution is 5.80. The van der Waals surface area contributed by atoms with Gasteiger partial charge in [-0.25, -0.2) is 4.79 Å². The van der Waals surface area contributed by atoms with Crippen molar-refractivity contribution in [1.82, 2.24) is 9.80 Å². The van der Waals surface area contributed by atoms with Crippen LogP contribution in [-0.2, 0) is 14.3 Å². The van der Waals surface area contributed by atoms with Gasteiger partial charge in [-0.3, -0.25) is 4.79 Å². The van der Waals surface area contributed by atoms with Crippen molar-refractivity contribution in [3.63, 3.8) is 0 Å². The number of carbonyl (C=O) groups is 2. The first kappa shape index (κ1) is 21.0. The van der Waals surface area contributed by atoms with E-state index >= 15 is 0 Å². The molecule has 2 aliphatic rings. The number of carbonyl (C=O) groups excluding carboxylic acids is 2. The molecule has 1 heterocycles. The van der Waals surface area contributed by atoms with E-state index in [1.165, 1.54) is 12.8 Å². The highest BCUT2D eigenvalue weighted by Crippen LogP contribution is 2.29. The number of rotatable bonds is 7. The molecule has 26 heavy (non-hydrogen) atoms. The maximum absolute atomic E-state index is 12.5. The standard InChI is InChI=1S/C20H36N2O4/c1-15(25-14-17-6-7-17)18(23)22-12-9-16(10-13-22)8-11-21(5)19(24)26-20(2,3)4/h15-17H,6-14H2,1-5H3/t15-/m1/s1. The predicted octanol–water partition coefficient (Wildman–Crippen LogP) is 3.30. The molecule has 1 aliphatic heterocycles. The molecule has 0 aromatic rings. The maximum atomic E-state index is 12.5. The van der Waals surface area contributed by atoms with Crippen LogP contribution in [0.25, 0.3) is 0 Å². The molecule has 2 rings (SSSR count). The Morgan fingerprint density at radius 2 is 1.73 bits per heavy atom. The molecule has 0 radical (unpaired) electrons. The van der Waals surface area contributed by atoms with Crippen molar-refractivity contribution in [3.05, 3.63) is 0 Å². The fraction of sp³-hybridized carbons (Fsp3) is 0.900. The minimum absolute atomic E-state index is 0.120. The van der Waals surface area contributed by atoms with Gasteiger partial charge in [0.2, 0.25) is 0 Å².